The summed E-state index contributed by atoms with van der Waals surface area (Å²) < 4.78 is 12.7. The fourth-order valence-corrected chi connectivity index (χ4v) is 1.76. The van der Waals surface area contributed by atoms with Crippen LogP contribution in [0.1, 0.15) is 11.7 Å². The van der Waals surface area contributed by atoms with Crippen molar-refractivity contribution in [2.75, 3.05) is 5.32 Å². The summed E-state index contributed by atoms with van der Waals surface area (Å²) in [6.45, 7) is 0. The van der Waals surface area contributed by atoms with E-state index in [1.807, 2.05) is 0 Å². The summed E-state index contributed by atoms with van der Waals surface area (Å²) in [5, 5.41) is 12.9. The predicted molar refractivity (Wildman–Crippen MR) is 71.4 cm³/mol. The van der Waals surface area contributed by atoms with E-state index in [2.05, 4.69) is 5.32 Å². The Morgan fingerprint density at radius 1 is 1.21 bits per heavy atom. The Kier molecular flexibility index (Phi) is 4.14. The second-order valence-corrected chi connectivity index (χ2v) is 4.39. The maximum Gasteiger partial charge on any atom is 0.257 e. The third kappa shape index (κ3) is 3.53. The first kappa shape index (κ1) is 13.5. The Bertz CT molecular complexity index is 586. The summed E-state index contributed by atoms with van der Waals surface area (Å²) >= 11 is 5.79. The first-order chi connectivity index (χ1) is 9.06. The van der Waals surface area contributed by atoms with Gasteiger partial charge >= 0.3 is 0 Å². The average Bonchev–Trinajstić information content (AvgIpc) is 2.39. The van der Waals surface area contributed by atoms with Gasteiger partial charge in [0.25, 0.3) is 5.91 Å². The zero-order chi connectivity index (χ0) is 13.8. The fourth-order valence-electron chi connectivity index (χ4n) is 1.57. The smallest absolute Gasteiger partial charge is 0.257 e. The highest BCUT2D eigenvalue weighted by molar-refractivity contribution is 6.30. The number of hydrogen-bond acceptors (Lipinski definition) is 2. The zero-order valence-corrected chi connectivity index (χ0v) is 10.6. The van der Waals surface area contributed by atoms with Crippen molar-refractivity contribution in [3.05, 3.63) is 64.9 Å². The molecular formula is C14H11ClFNO2. The molecule has 2 rings (SSSR count). The van der Waals surface area contributed by atoms with Crippen molar-refractivity contribution >= 4 is 23.2 Å². The first-order valence-electron chi connectivity index (χ1n) is 5.56. The van der Waals surface area contributed by atoms with Crippen LogP contribution in [0.3, 0.4) is 0 Å². The van der Waals surface area contributed by atoms with Gasteiger partial charge in [-0.15, -0.1) is 0 Å². The maximum absolute atomic E-state index is 12.7. The Labute approximate surface area is 114 Å². The van der Waals surface area contributed by atoms with Gasteiger partial charge in [-0.05, 0) is 35.9 Å². The highest BCUT2D eigenvalue weighted by Crippen LogP contribution is 2.18. The van der Waals surface area contributed by atoms with Crippen LogP contribution in [-0.4, -0.2) is 11.0 Å². The molecule has 3 nitrogen and oxygen atoms in total. The molecule has 1 amide bonds. The number of nitrogens with one attached hydrogen (secondary N) is 1. The van der Waals surface area contributed by atoms with Crippen LogP contribution in [0.2, 0.25) is 5.02 Å². The number of carbonyl (C=O) groups excluding carboxylic acids is 1. The highest BCUT2D eigenvalue weighted by atomic mass is 35.5. The number of hydrogen-bond donors (Lipinski definition) is 2. The number of aliphatic hydroxyl groups is 1. The molecule has 5 heteroatoms. The van der Waals surface area contributed by atoms with Crippen LogP contribution in [-0.2, 0) is 4.79 Å². The quantitative estimate of drug-likeness (QED) is 0.907. The topological polar surface area (TPSA) is 49.3 Å². The number of benzene rings is 2. The Morgan fingerprint density at radius 2 is 1.89 bits per heavy atom. The second kappa shape index (κ2) is 5.82. The SMILES string of the molecule is O=C(Nc1cccc(Cl)c1)C(O)c1ccc(F)cc1. The van der Waals surface area contributed by atoms with E-state index in [1.54, 1.807) is 24.3 Å². The molecule has 0 aliphatic rings. The largest absolute Gasteiger partial charge is 0.378 e. The molecule has 2 N–H and O–H groups in total. The molecule has 0 aromatic heterocycles. The van der Waals surface area contributed by atoms with E-state index in [9.17, 15) is 14.3 Å². The maximum atomic E-state index is 12.7. The molecular weight excluding hydrogens is 269 g/mol. The van der Waals surface area contributed by atoms with Crippen LogP contribution in [0, 0.1) is 5.82 Å². The van der Waals surface area contributed by atoms with Gasteiger partial charge in [-0.2, -0.15) is 0 Å². The van der Waals surface area contributed by atoms with Crippen LogP contribution < -0.4 is 5.32 Å². The lowest BCUT2D eigenvalue weighted by Crippen LogP contribution is -2.20. The van der Waals surface area contributed by atoms with Crippen molar-refractivity contribution in [3.63, 3.8) is 0 Å². The molecule has 1 atom stereocenters. The number of rotatable bonds is 3. The summed E-state index contributed by atoms with van der Waals surface area (Å²) in [4.78, 5) is 11.8. The van der Waals surface area contributed by atoms with Crippen LogP contribution >= 0.6 is 11.6 Å². The van der Waals surface area contributed by atoms with Crippen LogP contribution in [0.5, 0.6) is 0 Å². The van der Waals surface area contributed by atoms with Gasteiger partial charge in [0, 0.05) is 10.7 Å². The monoisotopic (exact) mass is 279 g/mol. The van der Waals surface area contributed by atoms with E-state index in [4.69, 9.17) is 11.6 Å². The molecule has 0 fully saturated rings. The van der Waals surface area contributed by atoms with E-state index in [0.29, 0.717) is 16.3 Å². The van der Waals surface area contributed by atoms with Crippen LogP contribution in [0.25, 0.3) is 0 Å². The Balaban J connectivity index is 2.09. The molecule has 1 unspecified atom stereocenters. The fraction of sp³-hybridized carbons (Fsp3) is 0.0714. The molecule has 0 aliphatic heterocycles. The molecule has 0 radical (unpaired) electrons. The molecule has 0 bridgehead atoms. The summed E-state index contributed by atoms with van der Waals surface area (Å²) in [5.74, 6) is -1.03. The summed E-state index contributed by atoms with van der Waals surface area (Å²) in [6.07, 6.45) is -1.36. The molecule has 2 aromatic rings. The van der Waals surface area contributed by atoms with E-state index in [1.165, 1.54) is 24.3 Å². The summed E-state index contributed by atoms with van der Waals surface area (Å²) in [5.41, 5.74) is 0.805. The van der Waals surface area contributed by atoms with E-state index < -0.39 is 17.8 Å². The Morgan fingerprint density at radius 3 is 2.53 bits per heavy atom. The Hall–Kier alpha value is -1.91. The van der Waals surface area contributed by atoms with Gasteiger partial charge in [0.15, 0.2) is 6.10 Å². The second-order valence-electron chi connectivity index (χ2n) is 3.95. The number of halogens is 2. The van der Waals surface area contributed by atoms with E-state index in [-0.39, 0.29) is 0 Å². The molecule has 0 spiro atoms. The predicted octanol–water partition coefficient (Wildman–Crippen LogP) is 3.15. The molecule has 98 valence electrons. The first-order valence-corrected chi connectivity index (χ1v) is 5.94. The molecule has 2 aromatic carbocycles. The number of anilines is 1. The molecule has 19 heavy (non-hydrogen) atoms. The van der Waals surface area contributed by atoms with Crippen LogP contribution in [0.4, 0.5) is 10.1 Å². The van der Waals surface area contributed by atoms with E-state index in [0.717, 1.165) is 0 Å². The minimum Gasteiger partial charge on any atom is -0.378 e. The van der Waals surface area contributed by atoms with Gasteiger partial charge in [0.2, 0.25) is 0 Å². The number of aliphatic hydroxyl groups excluding tert-OH is 1. The van der Waals surface area contributed by atoms with Gasteiger partial charge < -0.3 is 10.4 Å². The lowest BCUT2D eigenvalue weighted by atomic mass is 10.1. The van der Waals surface area contributed by atoms with Crippen LogP contribution in [0.15, 0.2) is 48.5 Å². The minimum absolute atomic E-state index is 0.320. The van der Waals surface area contributed by atoms with Crippen molar-refractivity contribution in [1.82, 2.24) is 0 Å². The van der Waals surface area contributed by atoms with Crippen molar-refractivity contribution in [3.8, 4) is 0 Å². The number of carbonyl (C=O) groups is 1. The van der Waals surface area contributed by atoms with Crippen molar-refractivity contribution < 1.29 is 14.3 Å². The van der Waals surface area contributed by atoms with Gasteiger partial charge in [0.05, 0.1) is 0 Å². The van der Waals surface area contributed by atoms with Crippen molar-refractivity contribution in [1.29, 1.82) is 0 Å². The van der Waals surface area contributed by atoms with Crippen molar-refractivity contribution in [2.24, 2.45) is 0 Å². The van der Waals surface area contributed by atoms with Gasteiger partial charge in [0.1, 0.15) is 5.82 Å². The highest BCUT2D eigenvalue weighted by Gasteiger charge is 2.17. The molecule has 0 aliphatic carbocycles. The molecule has 0 saturated heterocycles. The third-order valence-corrected chi connectivity index (χ3v) is 2.76. The van der Waals surface area contributed by atoms with Gasteiger partial charge in [-0.3, -0.25) is 4.79 Å². The van der Waals surface area contributed by atoms with E-state index >= 15 is 0 Å². The lowest BCUT2D eigenvalue weighted by Gasteiger charge is -2.11. The standard InChI is InChI=1S/C14H11ClFNO2/c15-10-2-1-3-12(8-10)17-14(19)13(18)9-4-6-11(16)7-5-9/h1-8,13,18H,(H,17,19). The molecule has 0 saturated carbocycles. The summed E-state index contributed by atoms with van der Waals surface area (Å²) in [6, 6.07) is 11.7. The zero-order valence-electron chi connectivity index (χ0n) is 9.81. The van der Waals surface area contributed by atoms with Gasteiger partial charge in [-0.1, -0.05) is 29.8 Å². The lowest BCUT2D eigenvalue weighted by molar-refractivity contribution is -0.124. The normalized spacial score (nSPS) is 11.9. The average molecular weight is 280 g/mol. The van der Waals surface area contributed by atoms with Gasteiger partial charge in [-0.25, -0.2) is 4.39 Å². The minimum atomic E-state index is -1.36. The summed E-state index contributed by atoms with van der Waals surface area (Å²) in [7, 11) is 0. The molecule has 0 heterocycles. The third-order valence-electron chi connectivity index (χ3n) is 2.53. The van der Waals surface area contributed by atoms with Crippen molar-refractivity contribution in [2.45, 2.75) is 6.10 Å². The number of amides is 1.